The lowest BCUT2D eigenvalue weighted by atomic mass is 9.44. The van der Waals surface area contributed by atoms with Crippen molar-refractivity contribution < 1.29 is 42.2 Å². The van der Waals surface area contributed by atoms with Gasteiger partial charge in [-0.1, -0.05) is 26.8 Å². The van der Waals surface area contributed by atoms with Crippen molar-refractivity contribution >= 4 is 23.5 Å². The molecule has 5 rings (SSSR count). The van der Waals surface area contributed by atoms with Crippen molar-refractivity contribution in [3.05, 3.63) is 39.1 Å². The number of ketones is 1. The predicted octanol–water partition coefficient (Wildman–Crippen LogP) is 5.42. The van der Waals surface area contributed by atoms with Crippen LogP contribution in [0.5, 0.6) is 0 Å². The second-order valence-electron chi connectivity index (χ2n) is 14.0. The smallest absolute Gasteiger partial charge is 0.306 e. The number of hydrogen-bond donors (Lipinski definition) is 0. The number of hydrogen-bond acceptors (Lipinski definition) is 10. The molecule has 1 aliphatic heterocycles. The van der Waals surface area contributed by atoms with Crippen LogP contribution in [0, 0.1) is 43.9 Å². The van der Waals surface area contributed by atoms with Crippen LogP contribution in [0.4, 0.5) is 13.2 Å². The van der Waals surface area contributed by atoms with Crippen LogP contribution in [0.2, 0.25) is 0 Å². The number of rotatable bonds is 8. The highest BCUT2D eigenvalue weighted by Gasteiger charge is 2.82. The fourth-order valence-electron chi connectivity index (χ4n) is 9.63. The van der Waals surface area contributed by atoms with E-state index in [4.69, 9.17) is 14.3 Å². The maximum absolute atomic E-state index is 18.2. The third-order valence-electron chi connectivity index (χ3n) is 11.4. The van der Waals surface area contributed by atoms with Gasteiger partial charge in [0.25, 0.3) is 5.09 Å². The Morgan fingerprint density at radius 1 is 1.25 bits per heavy atom. The van der Waals surface area contributed by atoms with Crippen molar-refractivity contribution in [1.82, 2.24) is 5.06 Å². The highest BCUT2D eigenvalue weighted by molar-refractivity contribution is 7.99. The number of carbonyl (C=O) groups excluding carboxylic acids is 2. The largest absolute Gasteiger partial charge is 0.783 e. The Kier molecular flexibility index (Phi) is 8.07. The van der Waals surface area contributed by atoms with Gasteiger partial charge in [0.1, 0.15) is 18.3 Å². The second kappa shape index (κ2) is 10.7. The summed E-state index contributed by atoms with van der Waals surface area (Å²) >= 11 is 0.770. The van der Waals surface area contributed by atoms with Crippen LogP contribution in [0.3, 0.4) is 0 Å². The molecule has 3 unspecified atom stereocenters. The number of fused-ring (bicyclic) bond motifs is 5. The van der Waals surface area contributed by atoms with Gasteiger partial charge in [-0.15, -0.1) is 21.9 Å². The zero-order chi connectivity index (χ0) is 32.7. The van der Waals surface area contributed by atoms with Crippen molar-refractivity contribution in [3.63, 3.8) is 0 Å². The van der Waals surface area contributed by atoms with Crippen LogP contribution in [0.15, 0.2) is 23.8 Å². The molecule has 3 saturated carbocycles. The summed E-state index contributed by atoms with van der Waals surface area (Å²) < 4.78 is 60.8. The summed E-state index contributed by atoms with van der Waals surface area (Å²) in [6.45, 7) is 9.59. The molecule has 0 aromatic rings. The molecule has 0 spiro atoms. The number of alkyl halides is 3. The Morgan fingerprint density at radius 3 is 2.50 bits per heavy atom. The normalized spacial score (nSPS) is 46.1. The first-order valence-corrected chi connectivity index (χ1v) is 16.1. The number of esters is 1. The van der Waals surface area contributed by atoms with Crippen LogP contribution in [0.1, 0.15) is 67.2 Å². The highest BCUT2D eigenvalue weighted by Crippen LogP contribution is 2.74. The van der Waals surface area contributed by atoms with Crippen LogP contribution < -0.4 is 0 Å². The molecule has 0 amide bonds. The fourth-order valence-corrected chi connectivity index (χ4v) is 10.4. The summed E-state index contributed by atoms with van der Waals surface area (Å²) in [6, 6.07) is -0.878. The summed E-state index contributed by atoms with van der Waals surface area (Å²) in [5.41, 5.74) is -10.8. The Hall–Kier alpha value is -2.16. The average molecular weight is 646 g/mol. The van der Waals surface area contributed by atoms with Gasteiger partial charge in [-0.05, 0) is 63.7 Å². The first kappa shape index (κ1) is 33.2. The molecule has 10 atom stereocenters. The van der Waals surface area contributed by atoms with Crippen LogP contribution in [-0.4, -0.2) is 75.1 Å². The molecule has 4 aliphatic carbocycles. The Balaban J connectivity index is 1.78. The van der Waals surface area contributed by atoms with E-state index in [1.807, 2.05) is 0 Å². The Labute approximate surface area is 258 Å². The lowest BCUT2D eigenvalue weighted by Gasteiger charge is -2.66. The SMILES string of the molecule is CCC(=O)O[C@]1(C2(CSCF)OCC(C)(C)N2[O-])[C@H](C)CC2C3C[C@H](F)C4=CC(=O)C=C[C@]4(C)[C@@]3(F)[C@@H](O[N+](=O)[O-])C[C@@]21C. The summed E-state index contributed by atoms with van der Waals surface area (Å²) in [5, 5.41) is 25.9. The molecule has 0 aromatic carbocycles. The van der Waals surface area contributed by atoms with E-state index < -0.39 is 99.1 Å². The molecule has 44 heavy (non-hydrogen) atoms. The van der Waals surface area contributed by atoms with Gasteiger partial charge in [0.15, 0.2) is 22.8 Å². The van der Waals surface area contributed by atoms with Gasteiger partial charge in [-0.3, -0.25) is 9.59 Å². The van der Waals surface area contributed by atoms with E-state index in [-0.39, 0.29) is 30.8 Å². The third-order valence-corrected chi connectivity index (χ3v) is 12.2. The van der Waals surface area contributed by atoms with E-state index in [2.05, 4.69) is 0 Å². The summed E-state index contributed by atoms with van der Waals surface area (Å²) in [6.07, 6.45) is -0.870. The zero-order valence-electron chi connectivity index (χ0n) is 25.8. The van der Waals surface area contributed by atoms with Gasteiger partial charge in [0, 0.05) is 40.4 Å². The maximum atomic E-state index is 18.2. The van der Waals surface area contributed by atoms with E-state index in [1.54, 1.807) is 34.6 Å². The zero-order valence-corrected chi connectivity index (χ0v) is 26.6. The van der Waals surface area contributed by atoms with Crippen LogP contribution in [-0.2, 0) is 23.9 Å². The van der Waals surface area contributed by atoms with Crippen LogP contribution >= 0.6 is 11.8 Å². The first-order chi connectivity index (χ1) is 20.4. The molecule has 246 valence electrons. The highest BCUT2D eigenvalue weighted by atomic mass is 32.2. The van der Waals surface area contributed by atoms with E-state index >= 15 is 8.78 Å². The molecule has 10 nitrogen and oxygen atoms in total. The number of halogens is 3. The fraction of sp³-hybridized carbons (Fsp3) is 0.800. The van der Waals surface area contributed by atoms with Crippen LogP contribution in [0.25, 0.3) is 0 Å². The lowest BCUT2D eigenvalue weighted by Crippen LogP contribution is -2.77. The third kappa shape index (κ3) is 4.12. The minimum Gasteiger partial charge on any atom is -0.783 e. The number of allylic oxidation sites excluding steroid dienone is 4. The summed E-state index contributed by atoms with van der Waals surface area (Å²) in [4.78, 5) is 42.7. The quantitative estimate of drug-likeness (QED) is 0.191. The Bertz CT molecular complexity index is 1300. The van der Waals surface area contributed by atoms with E-state index in [0.717, 1.165) is 23.9 Å². The monoisotopic (exact) mass is 645 g/mol. The predicted molar refractivity (Wildman–Crippen MR) is 155 cm³/mol. The van der Waals surface area contributed by atoms with Gasteiger partial charge in [0.05, 0.1) is 6.61 Å². The summed E-state index contributed by atoms with van der Waals surface area (Å²) in [5.74, 6) is -4.16. The molecule has 0 aromatic heterocycles. The Morgan fingerprint density at radius 2 is 1.93 bits per heavy atom. The van der Waals surface area contributed by atoms with Gasteiger partial charge in [-0.25, -0.2) is 13.2 Å². The number of nitrogens with zero attached hydrogens (tertiary/aromatic N) is 2. The molecular formula is C30H40F3N2O8S-. The minimum atomic E-state index is -2.56. The molecule has 0 bridgehead atoms. The van der Waals surface area contributed by atoms with Crippen molar-refractivity contribution in [1.29, 1.82) is 0 Å². The summed E-state index contributed by atoms with van der Waals surface area (Å²) in [7, 11) is 0. The van der Waals surface area contributed by atoms with Gasteiger partial charge >= 0.3 is 5.97 Å². The molecule has 1 saturated heterocycles. The van der Waals surface area contributed by atoms with Crippen molar-refractivity contribution in [2.24, 2.45) is 28.6 Å². The van der Waals surface area contributed by atoms with Gasteiger partial charge in [0.2, 0.25) is 0 Å². The lowest BCUT2D eigenvalue weighted by molar-refractivity contribution is -0.775. The topological polar surface area (TPSA) is 131 Å². The average Bonchev–Trinajstić information content (AvgIpc) is 3.32. The minimum absolute atomic E-state index is 0.0906. The van der Waals surface area contributed by atoms with Crippen molar-refractivity contribution in [3.8, 4) is 0 Å². The molecular weight excluding hydrogens is 605 g/mol. The number of ether oxygens (including phenoxy) is 2. The molecule has 4 fully saturated rings. The molecule has 5 aliphatic rings. The standard InChI is InChI=1S/C30H40F3N2O8S/c1-7-24(37)42-30(28(15-44-16-31)34(38)25(3,4)14-41-28)17(2)10-19-20-12-22(32)21-11-18(36)8-9-26(21,5)29(20,33)23(43-35(39)40)13-27(19,30)6/h8-9,11,17,19-20,22-23H,7,10,12-16H2,1-6H3/q-1/t17-,19?,20?,22+,23+,26+,27+,28?,29+,30-/m1/s1. The molecule has 0 N–H and O–H groups in total. The van der Waals surface area contributed by atoms with Gasteiger partial charge in [-0.2, -0.15) is 0 Å². The number of carbonyl (C=O) groups is 2. The van der Waals surface area contributed by atoms with Crippen molar-refractivity contribution in [2.45, 2.75) is 102 Å². The van der Waals surface area contributed by atoms with E-state index in [1.165, 1.54) is 13.0 Å². The number of thioether (sulfide) groups is 1. The van der Waals surface area contributed by atoms with E-state index in [9.17, 15) is 29.3 Å². The second-order valence-corrected chi connectivity index (χ2v) is 14.9. The maximum Gasteiger partial charge on any atom is 0.306 e. The van der Waals surface area contributed by atoms with Crippen molar-refractivity contribution in [2.75, 3.05) is 18.4 Å². The molecule has 0 radical (unpaired) electrons. The number of hydroxylamine groups is 2. The molecule has 1 heterocycles. The van der Waals surface area contributed by atoms with Gasteiger partial charge < -0.3 is 24.6 Å². The van der Waals surface area contributed by atoms with E-state index in [0.29, 0.717) is 5.06 Å². The molecule has 14 heteroatoms. The first-order valence-electron chi connectivity index (χ1n) is 15.0.